The van der Waals surface area contributed by atoms with Gasteiger partial charge in [-0.15, -0.1) is 5.06 Å². The summed E-state index contributed by atoms with van der Waals surface area (Å²) in [4.78, 5) is 9.54. The van der Waals surface area contributed by atoms with Crippen molar-refractivity contribution in [3.8, 4) is 18.2 Å². The molecule has 0 amide bonds. The van der Waals surface area contributed by atoms with Gasteiger partial charge in [0.1, 0.15) is 5.69 Å². The maximum atomic E-state index is 5.97. The number of hydrogen-bond acceptors (Lipinski definition) is 6. The molecule has 1 aliphatic rings. The van der Waals surface area contributed by atoms with E-state index in [1.54, 1.807) is 5.06 Å². The molecule has 1 saturated heterocycles. The number of nitrogens with two attached hydrogens (primary N) is 2. The van der Waals surface area contributed by atoms with Crippen LogP contribution in [0.4, 0.5) is 22.7 Å². The van der Waals surface area contributed by atoms with Gasteiger partial charge in [-0.2, -0.15) is 0 Å². The van der Waals surface area contributed by atoms with Crippen molar-refractivity contribution in [1.29, 1.82) is 0 Å². The fourth-order valence-corrected chi connectivity index (χ4v) is 1.66. The minimum absolute atomic E-state index is 0.317. The number of nitrogens with one attached hydrogen (secondary N) is 1. The van der Waals surface area contributed by atoms with Crippen LogP contribution in [0.5, 0.6) is 5.75 Å². The van der Waals surface area contributed by atoms with Crippen molar-refractivity contribution >= 4 is 29.5 Å². The van der Waals surface area contributed by atoms with E-state index in [2.05, 4.69) is 23.1 Å². The Kier molecular flexibility index (Phi) is 3.00. The van der Waals surface area contributed by atoms with Crippen molar-refractivity contribution in [3.63, 3.8) is 0 Å². The molecule has 0 bridgehead atoms. The zero-order valence-corrected chi connectivity index (χ0v) is 10.2. The van der Waals surface area contributed by atoms with Gasteiger partial charge in [-0.05, 0) is 13.6 Å². The largest absolute Gasteiger partial charge is 0.403 e. The quantitative estimate of drug-likeness (QED) is 0.243. The van der Waals surface area contributed by atoms with Gasteiger partial charge in [0.25, 0.3) is 0 Å². The molecular formula is C12H15N5O. The molecule has 1 heterocycles. The Bertz CT molecular complexity index is 543. The molecule has 1 aliphatic heterocycles. The first-order valence-corrected chi connectivity index (χ1v) is 5.43. The van der Waals surface area contributed by atoms with Gasteiger partial charge < -0.3 is 21.6 Å². The van der Waals surface area contributed by atoms with E-state index in [4.69, 9.17) is 22.7 Å². The van der Waals surface area contributed by atoms with Crippen molar-refractivity contribution in [3.05, 3.63) is 5.56 Å². The second-order valence-corrected chi connectivity index (χ2v) is 3.95. The normalized spacial score (nSPS) is 13.8. The number of rotatable bonds is 4. The summed E-state index contributed by atoms with van der Waals surface area (Å²) in [7, 11) is 0. The fraction of sp³-hybridized carbons (Fsp3) is 0.250. The van der Waals surface area contributed by atoms with E-state index in [1.807, 2.05) is 6.92 Å². The Hall–Kier alpha value is -2.39. The lowest BCUT2D eigenvalue weighted by molar-refractivity contribution is 0.0696. The van der Waals surface area contributed by atoms with Crippen LogP contribution in [-0.2, 0) is 0 Å². The van der Waals surface area contributed by atoms with Crippen LogP contribution in [0.2, 0.25) is 0 Å². The van der Waals surface area contributed by atoms with Gasteiger partial charge >= 0.3 is 0 Å². The Balaban J connectivity index is 2.58. The minimum atomic E-state index is 0.317. The number of aliphatic imine (C=N–C) groups is 1. The average molecular weight is 245 g/mol. The lowest BCUT2D eigenvalue weighted by Gasteiger charge is -2.18. The Morgan fingerprint density at radius 3 is 2.61 bits per heavy atom. The molecule has 0 atom stereocenters. The SMILES string of the molecule is C#CNc1c(N)c(N)c(ON2CC2)c(C)c1N=C. The molecule has 0 saturated carbocycles. The fourth-order valence-electron chi connectivity index (χ4n) is 1.66. The summed E-state index contributed by atoms with van der Waals surface area (Å²) in [6, 6.07) is 2.30. The molecule has 18 heavy (non-hydrogen) atoms. The minimum Gasteiger partial charge on any atom is -0.403 e. The third-order valence-corrected chi connectivity index (χ3v) is 2.72. The number of nitrogen functional groups attached to an aromatic ring is 2. The van der Waals surface area contributed by atoms with E-state index in [9.17, 15) is 0 Å². The van der Waals surface area contributed by atoms with Gasteiger partial charge in [-0.1, -0.05) is 6.42 Å². The molecule has 0 aromatic heterocycles. The second-order valence-electron chi connectivity index (χ2n) is 3.95. The topological polar surface area (TPSA) is 88.7 Å². The monoisotopic (exact) mass is 245 g/mol. The molecule has 5 N–H and O–H groups in total. The summed E-state index contributed by atoms with van der Waals surface area (Å²) in [6.45, 7) is 7.10. The summed E-state index contributed by atoms with van der Waals surface area (Å²) in [6.07, 6.45) is 5.22. The summed E-state index contributed by atoms with van der Waals surface area (Å²) in [5.74, 6) is 0.509. The molecule has 0 aliphatic carbocycles. The van der Waals surface area contributed by atoms with E-state index in [1.165, 1.54) is 0 Å². The highest BCUT2D eigenvalue weighted by Crippen LogP contribution is 2.46. The lowest BCUT2D eigenvalue weighted by Crippen LogP contribution is -2.10. The first-order valence-electron chi connectivity index (χ1n) is 5.43. The number of nitrogens with zero attached hydrogens (tertiary/aromatic N) is 2. The van der Waals surface area contributed by atoms with Gasteiger partial charge in [0.15, 0.2) is 5.75 Å². The second kappa shape index (κ2) is 4.47. The van der Waals surface area contributed by atoms with Crippen molar-refractivity contribution in [2.45, 2.75) is 6.92 Å². The summed E-state index contributed by atoms with van der Waals surface area (Å²) >= 11 is 0. The van der Waals surface area contributed by atoms with Gasteiger partial charge in [0.05, 0.1) is 30.2 Å². The zero-order chi connectivity index (χ0) is 13.3. The van der Waals surface area contributed by atoms with Crippen molar-refractivity contribution in [2.75, 3.05) is 29.9 Å². The molecule has 6 heteroatoms. The number of hydroxylamine groups is 2. The van der Waals surface area contributed by atoms with Crippen LogP contribution in [0.3, 0.4) is 0 Å². The van der Waals surface area contributed by atoms with Crippen LogP contribution >= 0.6 is 0 Å². The van der Waals surface area contributed by atoms with E-state index in [0.29, 0.717) is 28.5 Å². The first-order chi connectivity index (χ1) is 8.60. The highest BCUT2D eigenvalue weighted by Gasteiger charge is 2.25. The third kappa shape index (κ3) is 1.92. The number of hydrogen-bond donors (Lipinski definition) is 3. The van der Waals surface area contributed by atoms with Crippen molar-refractivity contribution in [2.24, 2.45) is 4.99 Å². The molecule has 0 radical (unpaired) electrons. The predicted molar refractivity (Wildman–Crippen MR) is 73.9 cm³/mol. The van der Waals surface area contributed by atoms with E-state index >= 15 is 0 Å². The molecule has 0 spiro atoms. The van der Waals surface area contributed by atoms with Crippen LogP contribution in [0, 0.1) is 19.4 Å². The number of terminal acetylenes is 1. The molecular weight excluding hydrogens is 230 g/mol. The predicted octanol–water partition coefficient (Wildman–Crippen LogP) is 1.10. The molecule has 1 fully saturated rings. The highest BCUT2D eigenvalue weighted by molar-refractivity contribution is 5.94. The van der Waals surface area contributed by atoms with Gasteiger partial charge in [-0.3, -0.25) is 4.99 Å². The zero-order valence-electron chi connectivity index (χ0n) is 10.2. The van der Waals surface area contributed by atoms with Gasteiger partial charge in [-0.25, -0.2) is 0 Å². The van der Waals surface area contributed by atoms with E-state index in [-0.39, 0.29) is 0 Å². The van der Waals surface area contributed by atoms with Crippen molar-refractivity contribution in [1.82, 2.24) is 5.06 Å². The molecule has 0 unspecified atom stereocenters. The van der Waals surface area contributed by atoms with Crippen LogP contribution in [-0.4, -0.2) is 24.9 Å². The van der Waals surface area contributed by atoms with Gasteiger partial charge in [0, 0.05) is 11.6 Å². The molecule has 1 aromatic rings. The third-order valence-electron chi connectivity index (χ3n) is 2.72. The number of anilines is 3. The summed E-state index contributed by atoms with van der Waals surface area (Å²) < 4.78 is 0. The Morgan fingerprint density at radius 1 is 1.44 bits per heavy atom. The standard InChI is InChI=1S/C12H15N5O/c1-4-16-11-8(13)9(14)12(18-17-5-6-17)7(2)10(11)15-3/h1,16H,3,5-6,13-14H2,2H3. The smallest absolute Gasteiger partial charge is 0.177 e. The van der Waals surface area contributed by atoms with Crippen LogP contribution in [0.1, 0.15) is 5.56 Å². The Labute approximate surface area is 106 Å². The van der Waals surface area contributed by atoms with Crippen LogP contribution in [0.25, 0.3) is 0 Å². The number of benzene rings is 1. The maximum absolute atomic E-state index is 5.97. The van der Waals surface area contributed by atoms with Gasteiger partial charge in [0.2, 0.25) is 0 Å². The summed E-state index contributed by atoms with van der Waals surface area (Å²) in [5.41, 5.74) is 14.4. The lowest BCUT2D eigenvalue weighted by atomic mass is 10.1. The average Bonchev–Trinajstić information content (AvgIpc) is 3.16. The van der Waals surface area contributed by atoms with E-state index < -0.39 is 0 Å². The first kappa shape index (κ1) is 12.1. The summed E-state index contributed by atoms with van der Waals surface area (Å²) in [5, 5.41) is 4.46. The molecule has 94 valence electrons. The van der Waals surface area contributed by atoms with Crippen LogP contribution in [0.15, 0.2) is 4.99 Å². The van der Waals surface area contributed by atoms with Crippen molar-refractivity contribution < 1.29 is 4.84 Å². The highest BCUT2D eigenvalue weighted by atomic mass is 16.7. The Morgan fingerprint density at radius 2 is 2.11 bits per heavy atom. The van der Waals surface area contributed by atoms with E-state index in [0.717, 1.165) is 18.7 Å². The van der Waals surface area contributed by atoms with Crippen LogP contribution < -0.4 is 21.6 Å². The molecule has 1 aromatic carbocycles. The molecule has 6 nitrogen and oxygen atoms in total. The molecule has 2 rings (SSSR count). The maximum Gasteiger partial charge on any atom is 0.177 e.